The Morgan fingerprint density at radius 3 is 2.71 bits per heavy atom. The van der Waals surface area contributed by atoms with Gasteiger partial charge in [0.1, 0.15) is 6.61 Å². The first kappa shape index (κ1) is 18.0. The van der Waals surface area contributed by atoms with E-state index in [0.717, 1.165) is 34.7 Å². The van der Waals surface area contributed by atoms with Crippen molar-refractivity contribution in [3.05, 3.63) is 83.6 Å². The van der Waals surface area contributed by atoms with Crippen molar-refractivity contribution in [2.45, 2.75) is 26.3 Å². The Morgan fingerprint density at radius 2 is 2.00 bits per heavy atom. The Kier molecular flexibility index (Phi) is 4.74. The summed E-state index contributed by atoms with van der Waals surface area (Å²) in [4.78, 5) is 17.7. The summed E-state index contributed by atoms with van der Waals surface area (Å²) >= 11 is 0. The molecule has 1 aliphatic rings. The number of rotatable bonds is 5. The molecule has 0 bridgehead atoms. The molecule has 0 saturated carbocycles. The van der Waals surface area contributed by atoms with Crippen LogP contribution in [0.15, 0.2) is 72.5 Å². The van der Waals surface area contributed by atoms with Gasteiger partial charge in [-0.25, -0.2) is 9.78 Å². The molecule has 5 heteroatoms. The minimum atomic E-state index is -0.349. The molecular formula is C23H23N3O2. The van der Waals surface area contributed by atoms with Crippen molar-refractivity contribution in [1.82, 2.24) is 9.55 Å². The van der Waals surface area contributed by atoms with E-state index in [4.69, 9.17) is 9.72 Å². The lowest BCUT2D eigenvalue weighted by Crippen LogP contribution is -2.29. The number of imidazole rings is 1. The fourth-order valence-corrected chi connectivity index (χ4v) is 3.69. The lowest BCUT2D eigenvalue weighted by Gasteiger charge is -2.30. The van der Waals surface area contributed by atoms with Crippen molar-refractivity contribution in [1.29, 1.82) is 0 Å². The van der Waals surface area contributed by atoms with Crippen molar-refractivity contribution in [2.75, 3.05) is 11.9 Å². The molecule has 1 aliphatic heterocycles. The molecule has 4 rings (SSSR count). The number of benzene rings is 2. The Bertz CT molecular complexity index is 1080. The smallest absolute Gasteiger partial charge is 0.338 e. The van der Waals surface area contributed by atoms with Crippen LogP contribution in [0.1, 0.15) is 31.0 Å². The summed E-state index contributed by atoms with van der Waals surface area (Å²) in [7, 11) is 0. The SMILES string of the molecule is C=CCOC(=O)C1=C(C)Nc2nc3ccccc3n2[C@H]1c1ccc(CC)cc1. The molecule has 2 heterocycles. The normalized spacial score (nSPS) is 15.9. The molecule has 0 amide bonds. The van der Waals surface area contributed by atoms with Crippen LogP contribution in [0.4, 0.5) is 5.95 Å². The van der Waals surface area contributed by atoms with Gasteiger partial charge in [-0.3, -0.25) is 4.57 Å². The molecule has 0 fully saturated rings. The van der Waals surface area contributed by atoms with Crippen LogP contribution in [0.2, 0.25) is 0 Å². The van der Waals surface area contributed by atoms with Gasteiger partial charge in [0.05, 0.1) is 22.6 Å². The molecule has 0 saturated heterocycles. The van der Waals surface area contributed by atoms with Crippen molar-refractivity contribution in [3.8, 4) is 0 Å². The van der Waals surface area contributed by atoms with Gasteiger partial charge in [-0.05, 0) is 36.6 Å². The van der Waals surface area contributed by atoms with E-state index in [-0.39, 0.29) is 18.6 Å². The third-order valence-electron chi connectivity index (χ3n) is 5.09. The van der Waals surface area contributed by atoms with E-state index >= 15 is 0 Å². The molecule has 28 heavy (non-hydrogen) atoms. The third-order valence-corrected chi connectivity index (χ3v) is 5.09. The van der Waals surface area contributed by atoms with Gasteiger partial charge in [0.15, 0.2) is 0 Å². The fourth-order valence-electron chi connectivity index (χ4n) is 3.69. The molecule has 0 unspecified atom stereocenters. The number of esters is 1. The second-order valence-electron chi connectivity index (χ2n) is 6.84. The maximum absolute atomic E-state index is 12.9. The summed E-state index contributed by atoms with van der Waals surface area (Å²) in [6.07, 6.45) is 2.54. The predicted molar refractivity (Wildman–Crippen MR) is 111 cm³/mol. The highest BCUT2D eigenvalue weighted by atomic mass is 16.5. The first-order valence-corrected chi connectivity index (χ1v) is 9.45. The largest absolute Gasteiger partial charge is 0.458 e. The first-order chi connectivity index (χ1) is 13.6. The number of hydrogen-bond donors (Lipinski definition) is 1. The van der Waals surface area contributed by atoms with Crippen LogP contribution in [0.25, 0.3) is 11.0 Å². The number of para-hydroxylation sites is 2. The van der Waals surface area contributed by atoms with E-state index < -0.39 is 0 Å². The lowest BCUT2D eigenvalue weighted by molar-refractivity contribution is -0.138. The Hall–Kier alpha value is -3.34. The van der Waals surface area contributed by atoms with Crippen molar-refractivity contribution in [2.24, 2.45) is 0 Å². The Labute approximate surface area is 164 Å². The molecular weight excluding hydrogens is 350 g/mol. The zero-order chi connectivity index (χ0) is 19.7. The van der Waals surface area contributed by atoms with Crippen LogP contribution in [0.3, 0.4) is 0 Å². The molecule has 142 valence electrons. The van der Waals surface area contributed by atoms with Gasteiger partial charge < -0.3 is 10.1 Å². The summed E-state index contributed by atoms with van der Waals surface area (Å²) in [5.41, 5.74) is 5.46. The highest BCUT2D eigenvalue weighted by Crippen LogP contribution is 2.39. The number of nitrogens with one attached hydrogen (secondary N) is 1. The van der Waals surface area contributed by atoms with Crippen LogP contribution < -0.4 is 5.32 Å². The number of carbonyl (C=O) groups is 1. The standard InChI is InChI=1S/C23H23N3O2/c1-4-14-28-22(27)20-15(3)24-23-25-18-8-6-7-9-19(18)26(23)21(20)17-12-10-16(5-2)11-13-17/h4,6-13,21H,1,5,14H2,2-3H3,(H,24,25)/t21-/m0/s1. The molecule has 0 radical (unpaired) electrons. The summed E-state index contributed by atoms with van der Waals surface area (Å²) in [6.45, 7) is 7.83. The molecule has 3 aromatic rings. The molecule has 2 aromatic carbocycles. The second kappa shape index (κ2) is 7.35. The molecule has 1 N–H and O–H groups in total. The summed E-state index contributed by atoms with van der Waals surface area (Å²) < 4.78 is 7.49. The first-order valence-electron chi connectivity index (χ1n) is 9.45. The lowest BCUT2D eigenvalue weighted by atomic mass is 9.94. The van der Waals surface area contributed by atoms with Crippen molar-refractivity contribution < 1.29 is 9.53 Å². The Morgan fingerprint density at radius 1 is 1.25 bits per heavy atom. The monoisotopic (exact) mass is 373 g/mol. The van der Waals surface area contributed by atoms with Crippen molar-refractivity contribution >= 4 is 23.0 Å². The fraction of sp³-hybridized carbons (Fsp3) is 0.217. The zero-order valence-electron chi connectivity index (χ0n) is 16.1. The molecule has 0 spiro atoms. The van der Waals surface area contributed by atoms with E-state index in [1.807, 2.05) is 31.2 Å². The summed E-state index contributed by atoms with van der Waals surface area (Å²) in [5.74, 6) is 0.376. The van der Waals surface area contributed by atoms with Crippen LogP contribution in [0, 0.1) is 0 Å². The molecule has 0 aliphatic carbocycles. The van der Waals surface area contributed by atoms with Gasteiger partial charge in [-0.1, -0.05) is 56.0 Å². The van der Waals surface area contributed by atoms with E-state index in [1.165, 1.54) is 5.56 Å². The van der Waals surface area contributed by atoms with Gasteiger partial charge in [-0.2, -0.15) is 0 Å². The van der Waals surface area contributed by atoms with E-state index in [0.29, 0.717) is 5.57 Å². The van der Waals surface area contributed by atoms with Gasteiger partial charge in [0, 0.05) is 5.70 Å². The maximum Gasteiger partial charge on any atom is 0.338 e. The quantitative estimate of drug-likeness (QED) is 0.524. The summed E-state index contributed by atoms with van der Waals surface area (Å²) in [6, 6.07) is 16.0. The molecule has 1 atom stereocenters. The minimum Gasteiger partial charge on any atom is -0.458 e. The number of ether oxygens (including phenoxy) is 1. The number of aryl methyl sites for hydroxylation is 1. The Balaban J connectivity index is 1.91. The highest BCUT2D eigenvalue weighted by molar-refractivity contribution is 5.94. The van der Waals surface area contributed by atoms with Crippen LogP contribution in [-0.2, 0) is 16.0 Å². The average Bonchev–Trinajstić information content (AvgIpc) is 3.09. The number of fused-ring (bicyclic) bond motifs is 3. The minimum absolute atomic E-state index is 0.175. The van der Waals surface area contributed by atoms with E-state index in [1.54, 1.807) is 6.08 Å². The number of aromatic nitrogens is 2. The van der Waals surface area contributed by atoms with Gasteiger partial charge in [-0.15, -0.1) is 0 Å². The van der Waals surface area contributed by atoms with Crippen LogP contribution >= 0.6 is 0 Å². The second-order valence-corrected chi connectivity index (χ2v) is 6.84. The third kappa shape index (κ3) is 2.99. The average molecular weight is 373 g/mol. The highest BCUT2D eigenvalue weighted by Gasteiger charge is 2.34. The van der Waals surface area contributed by atoms with E-state index in [2.05, 4.69) is 47.7 Å². The molecule has 1 aromatic heterocycles. The van der Waals surface area contributed by atoms with Crippen molar-refractivity contribution in [3.63, 3.8) is 0 Å². The maximum atomic E-state index is 12.9. The van der Waals surface area contributed by atoms with Crippen LogP contribution in [-0.4, -0.2) is 22.1 Å². The number of hydrogen-bond acceptors (Lipinski definition) is 4. The predicted octanol–water partition coefficient (Wildman–Crippen LogP) is 4.62. The van der Waals surface area contributed by atoms with Gasteiger partial charge in [0.2, 0.25) is 5.95 Å². The zero-order valence-corrected chi connectivity index (χ0v) is 16.1. The number of anilines is 1. The number of nitrogens with zero attached hydrogens (tertiary/aromatic N) is 2. The number of allylic oxidation sites excluding steroid dienone is 1. The van der Waals surface area contributed by atoms with Gasteiger partial charge in [0.25, 0.3) is 0 Å². The number of carbonyl (C=O) groups excluding carboxylic acids is 1. The summed E-state index contributed by atoms with van der Waals surface area (Å²) in [5, 5.41) is 3.28. The van der Waals surface area contributed by atoms with Crippen LogP contribution in [0.5, 0.6) is 0 Å². The topological polar surface area (TPSA) is 56.1 Å². The van der Waals surface area contributed by atoms with E-state index in [9.17, 15) is 4.79 Å². The molecule has 5 nitrogen and oxygen atoms in total. The van der Waals surface area contributed by atoms with Gasteiger partial charge >= 0.3 is 5.97 Å².